The van der Waals surface area contributed by atoms with Crippen LogP contribution in [0.5, 0.6) is 5.75 Å². The van der Waals surface area contributed by atoms with Crippen LogP contribution in [-0.4, -0.2) is 51.8 Å². The molecule has 1 saturated heterocycles. The van der Waals surface area contributed by atoms with Crippen molar-refractivity contribution < 1.29 is 22.8 Å². The van der Waals surface area contributed by atoms with E-state index in [0.29, 0.717) is 35.8 Å². The van der Waals surface area contributed by atoms with E-state index < -0.39 is 29.1 Å². The molecule has 3 aromatic rings. The highest BCUT2D eigenvalue weighted by atomic mass is 19.1. The predicted molar refractivity (Wildman–Crippen MR) is 141 cm³/mol. The average molecular weight is 539 g/mol. The Labute approximate surface area is 226 Å². The SMILES string of the molecule is C#CC(C)NC(=O)c1c(F)cc(OCCCC2CCN(c3ncc(-c4noc(C(C)C)n4)cn3)CC2)cc1F. The second-order valence-electron chi connectivity index (χ2n) is 9.93. The summed E-state index contributed by atoms with van der Waals surface area (Å²) in [6, 6.07) is 1.39. The lowest BCUT2D eigenvalue weighted by atomic mass is 9.92. The molecule has 1 atom stereocenters. The van der Waals surface area contributed by atoms with Crippen LogP contribution >= 0.6 is 0 Å². The van der Waals surface area contributed by atoms with Crippen LogP contribution < -0.4 is 15.0 Å². The van der Waals surface area contributed by atoms with Crippen LogP contribution in [0.15, 0.2) is 29.0 Å². The van der Waals surface area contributed by atoms with E-state index in [9.17, 15) is 13.6 Å². The van der Waals surface area contributed by atoms with Gasteiger partial charge in [0, 0.05) is 43.5 Å². The van der Waals surface area contributed by atoms with Crippen molar-refractivity contribution in [2.24, 2.45) is 5.92 Å². The molecule has 1 unspecified atom stereocenters. The van der Waals surface area contributed by atoms with Gasteiger partial charge in [-0.15, -0.1) is 6.42 Å². The van der Waals surface area contributed by atoms with Crippen molar-refractivity contribution in [3.8, 4) is 29.5 Å². The highest BCUT2D eigenvalue weighted by Crippen LogP contribution is 2.26. The number of carbonyl (C=O) groups is 1. The number of hydrogen-bond acceptors (Lipinski definition) is 8. The molecular formula is C28H32F2N6O3. The predicted octanol–water partition coefficient (Wildman–Crippen LogP) is 4.76. The first-order valence-corrected chi connectivity index (χ1v) is 13.0. The van der Waals surface area contributed by atoms with E-state index in [0.717, 1.165) is 50.9 Å². The molecule has 1 fully saturated rings. The van der Waals surface area contributed by atoms with Crippen LogP contribution in [0, 0.1) is 29.9 Å². The van der Waals surface area contributed by atoms with Gasteiger partial charge in [-0.1, -0.05) is 24.9 Å². The summed E-state index contributed by atoms with van der Waals surface area (Å²) in [5.74, 6) is 1.83. The highest BCUT2D eigenvalue weighted by Gasteiger charge is 2.22. The van der Waals surface area contributed by atoms with Crippen molar-refractivity contribution >= 4 is 11.9 Å². The lowest BCUT2D eigenvalue weighted by Gasteiger charge is -2.32. The summed E-state index contributed by atoms with van der Waals surface area (Å²) in [5, 5.41) is 6.34. The molecule has 206 valence electrons. The van der Waals surface area contributed by atoms with Crippen molar-refractivity contribution in [1.82, 2.24) is 25.4 Å². The van der Waals surface area contributed by atoms with Gasteiger partial charge in [-0.2, -0.15) is 4.98 Å². The van der Waals surface area contributed by atoms with E-state index in [2.05, 4.69) is 36.2 Å². The first kappa shape index (κ1) is 28.0. The standard InChI is InChI=1S/C28H32F2N6O3/c1-5-18(4)33-26(37)24-22(29)13-21(14-23(24)30)38-12-6-7-19-8-10-36(11-9-19)28-31-15-20(16-32-28)25-34-27(17(2)3)39-35-25/h1,13-19H,6-12H2,2-4H3,(H,33,37). The molecule has 0 radical (unpaired) electrons. The molecule has 1 aromatic carbocycles. The maximum Gasteiger partial charge on any atom is 0.258 e. The average Bonchev–Trinajstić information content (AvgIpc) is 3.42. The number of halogens is 2. The number of carbonyl (C=O) groups excluding carboxylic acids is 1. The van der Waals surface area contributed by atoms with Crippen LogP contribution in [0.25, 0.3) is 11.4 Å². The maximum absolute atomic E-state index is 14.4. The van der Waals surface area contributed by atoms with Gasteiger partial charge < -0.3 is 19.5 Å². The Kier molecular flexibility index (Phi) is 9.07. The number of rotatable bonds is 10. The van der Waals surface area contributed by atoms with Gasteiger partial charge in [0.05, 0.1) is 18.2 Å². The molecule has 0 saturated carbocycles. The van der Waals surface area contributed by atoms with Crippen LogP contribution in [0.2, 0.25) is 0 Å². The van der Waals surface area contributed by atoms with Crippen LogP contribution in [0.4, 0.5) is 14.7 Å². The molecule has 4 rings (SSSR count). The second kappa shape index (κ2) is 12.7. The Bertz CT molecular complexity index is 1290. The van der Waals surface area contributed by atoms with Crippen molar-refractivity contribution in [3.63, 3.8) is 0 Å². The number of hydrogen-bond donors (Lipinski definition) is 1. The second-order valence-corrected chi connectivity index (χ2v) is 9.93. The molecule has 1 aliphatic rings. The van der Waals surface area contributed by atoms with E-state index in [4.69, 9.17) is 15.7 Å². The summed E-state index contributed by atoms with van der Waals surface area (Å²) in [7, 11) is 0. The third kappa shape index (κ3) is 7.07. The summed E-state index contributed by atoms with van der Waals surface area (Å²) in [6.45, 7) is 7.51. The Balaban J connectivity index is 1.20. The number of nitrogens with one attached hydrogen (secondary N) is 1. The molecule has 11 heteroatoms. The van der Waals surface area contributed by atoms with Gasteiger partial charge in [-0.25, -0.2) is 18.7 Å². The zero-order chi connectivity index (χ0) is 27.9. The number of terminal acetylenes is 1. The van der Waals surface area contributed by atoms with Gasteiger partial charge >= 0.3 is 0 Å². The minimum atomic E-state index is -0.994. The van der Waals surface area contributed by atoms with Gasteiger partial charge in [0.2, 0.25) is 17.7 Å². The zero-order valence-corrected chi connectivity index (χ0v) is 22.3. The monoisotopic (exact) mass is 538 g/mol. The van der Waals surface area contributed by atoms with E-state index in [1.54, 1.807) is 19.3 Å². The van der Waals surface area contributed by atoms with E-state index in [1.165, 1.54) is 0 Å². The molecule has 0 aliphatic carbocycles. The Morgan fingerprint density at radius 1 is 1.21 bits per heavy atom. The quantitative estimate of drug-likeness (QED) is 0.291. The largest absolute Gasteiger partial charge is 0.493 e. The number of aromatic nitrogens is 4. The number of amides is 1. The fourth-order valence-electron chi connectivity index (χ4n) is 4.33. The summed E-state index contributed by atoms with van der Waals surface area (Å²) < 4.78 is 39.6. The number of piperidine rings is 1. The summed E-state index contributed by atoms with van der Waals surface area (Å²) in [6.07, 6.45) is 12.3. The van der Waals surface area contributed by atoms with Crippen molar-refractivity contribution in [3.05, 3.63) is 47.6 Å². The zero-order valence-electron chi connectivity index (χ0n) is 22.3. The molecule has 39 heavy (non-hydrogen) atoms. The summed E-state index contributed by atoms with van der Waals surface area (Å²) in [4.78, 5) is 27.6. The van der Waals surface area contributed by atoms with Crippen molar-refractivity contribution in [2.75, 3.05) is 24.6 Å². The molecule has 1 aliphatic heterocycles. The topological polar surface area (TPSA) is 106 Å². The number of nitrogens with zero attached hydrogens (tertiary/aromatic N) is 5. The summed E-state index contributed by atoms with van der Waals surface area (Å²) in [5.41, 5.74) is 0.0327. The lowest BCUT2D eigenvalue weighted by molar-refractivity contribution is 0.0939. The van der Waals surface area contributed by atoms with Crippen LogP contribution in [-0.2, 0) is 0 Å². The molecule has 3 heterocycles. The molecule has 0 spiro atoms. The number of benzene rings is 1. The number of anilines is 1. The minimum Gasteiger partial charge on any atom is -0.493 e. The van der Waals surface area contributed by atoms with Crippen molar-refractivity contribution in [2.45, 2.75) is 58.4 Å². The van der Waals surface area contributed by atoms with Crippen LogP contribution in [0.3, 0.4) is 0 Å². The molecule has 1 amide bonds. The van der Waals surface area contributed by atoms with Crippen molar-refractivity contribution in [1.29, 1.82) is 0 Å². The molecular weight excluding hydrogens is 506 g/mol. The maximum atomic E-state index is 14.4. The third-order valence-corrected chi connectivity index (χ3v) is 6.60. The third-order valence-electron chi connectivity index (χ3n) is 6.60. The first-order valence-electron chi connectivity index (χ1n) is 13.0. The lowest BCUT2D eigenvalue weighted by Crippen LogP contribution is -2.34. The van der Waals surface area contributed by atoms with E-state index in [-0.39, 0.29) is 11.7 Å². The van der Waals surface area contributed by atoms with Crippen LogP contribution in [0.1, 0.15) is 68.6 Å². The van der Waals surface area contributed by atoms with Gasteiger partial charge in [0.15, 0.2) is 0 Å². The van der Waals surface area contributed by atoms with E-state index in [1.807, 2.05) is 13.8 Å². The van der Waals surface area contributed by atoms with Gasteiger partial charge in [-0.3, -0.25) is 4.79 Å². The smallest absolute Gasteiger partial charge is 0.258 e. The fourth-order valence-corrected chi connectivity index (χ4v) is 4.33. The molecule has 9 nitrogen and oxygen atoms in total. The van der Waals surface area contributed by atoms with Gasteiger partial charge in [0.25, 0.3) is 5.91 Å². The molecule has 2 aromatic heterocycles. The van der Waals surface area contributed by atoms with E-state index >= 15 is 0 Å². The Morgan fingerprint density at radius 2 is 1.87 bits per heavy atom. The minimum absolute atomic E-state index is 0.0446. The number of ether oxygens (including phenoxy) is 1. The van der Waals surface area contributed by atoms with Gasteiger partial charge in [0.1, 0.15) is 22.9 Å². The molecule has 0 bridgehead atoms. The highest BCUT2D eigenvalue weighted by molar-refractivity contribution is 5.95. The molecule has 1 N–H and O–H groups in total. The fraction of sp³-hybridized carbons (Fsp3) is 0.464. The first-order chi connectivity index (χ1) is 18.7. The Hall–Kier alpha value is -4.07. The summed E-state index contributed by atoms with van der Waals surface area (Å²) >= 11 is 0. The normalized spacial score (nSPS) is 14.7. The van der Waals surface area contributed by atoms with Gasteiger partial charge in [-0.05, 0) is 38.5 Å². The Morgan fingerprint density at radius 3 is 2.46 bits per heavy atom.